The van der Waals surface area contributed by atoms with Crippen molar-refractivity contribution in [2.75, 3.05) is 6.61 Å². The van der Waals surface area contributed by atoms with Gasteiger partial charge >= 0.3 is 5.97 Å². The number of hydrogen-bond donors (Lipinski definition) is 2. The lowest BCUT2D eigenvalue weighted by atomic mass is 10.1. The normalized spacial score (nSPS) is 10.8. The number of aromatic amines is 1. The van der Waals surface area contributed by atoms with Crippen molar-refractivity contribution in [3.05, 3.63) is 58.4 Å². The summed E-state index contributed by atoms with van der Waals surface area (Å²) in [4.78, 5) is 25.2. The van der Waals surface area contributed by atoms with Gasteiger partial charge in [0.2, 0.25) is 0 Å². The molecule has 2 N–H and O–H groups in total. The molecule has 0 aliphatic rings. The number of benzene rings is 1. The molecule has 2 aromatic rings. The number of nitrogens with one attached hydrogen (secondary N) is 1. The van der Waals surface area contributed by atoms with E-state index < -0.39 is 5.97 Å². The largest absolute Gasteiger partial charge is 0.494 e. The summed E-state index contributed by atoms with van der Waals surface area (Å²) in [6.45, 7) is 2.67. The Labute approximate surface area is 127 Å². The molecule has 22 heavy (non-hydrogen) atoms. The molecular weight excluding hydrogens is 282 g/mol. The maximum Gasteiger partial charge on any atom is 0.328 e. The Bertz CT molecular complexity index is 746. The average Bonchev–Trinajstić information content (AvgIpc) is 2.52. The molecule has 1 aromatic carbocycles. The second-order valence-corrected chi connectivity index (χ2v) is 4.70. The Morgan fingerprint density at radius 2 is 2.14 bits per heavy atom. The van der Waals surface area contributed by atoms with Gasteiger partial charge in [0, 0.05) is 22.9 Å². The highest BCUT2D eigenvalue weighted by Gasteiger charge is 2.03. The van der Waals surface area contributed by atoms with E-state index in [4.69, 9.17) is 9.84 Å². The molecule has 0 unspecified atom stereocenters. The quantitative estimate of drug-likeness (QED) is 0.804. The molecule has 5 heteroatoms. The van der Waals surface area contributed by atoms with Gasteiger partial charge in [0.15, 0.2) is 0 Å². The molecule has 0 bridgehead atoms. The minimum Gasteiger partial charge on any atom is -0.494 e. The first-order valence-electron chi connectivity index (χ1n) is 6.97. The van der Waals surface area contributed by atoms with Crippen LogP contribution in [0.1, 0.15) is 18.9 Å². The van der Waals surface area contributed by atoms with Gasteiger partial charge in [-0.25, -0.2) is 4.79 Å². The molecule has 0 atom stereocenters. The fraction of sp³-hybridized carbons (Fsp3) is 0.176. The summed E-state index contributed by atoms with van der Waals surface area (Å²) in [6, 6.07) is 10.8. The third-order valence-corrected chi connectivity index (χ3v) is 2.96. The Hall–Kier alpha value is -2.82. The number of carboxylic acid groups (broad SMARTS) is 1. The van der Waals surface area contributed by atoms with Crippen molar-refractivity contribution in [3.8, 4) is 17.0 Å². The molecule has 2 rings (SSSR count). The number of ether oxygens (including phenoxy) is 1. The molecule has 0 spiro atoms. The number of hydrogen-bond acceptors (Lipinski definition) is 3. The first-order valence-corrected chi connectivity index (χ1v) is 6.97. The second-order valence-electron chi connectivity index (χ2n) is 4.70. The smallest absolute Gasteiger partial charge is 0.328 e. The van der Waals surface area contributed by atoms with Crippen LogP contribution in [0.25, 0.3) is 17.3 Å². The van der Waals surface area contributed by atoms with Crippen molar-refractivity contribution in [2.24, 2.45) is 0 Å². The van der Waals surface area contributed by atoms with E-state index >= 15 is 0 Å². The van der Waals surface area contributed by atoms with Crippen molar-refractivity contribution in [2.45, 2.75) is 13.3 Å². The summed E-state index contributed by atoms with van der Waals surface area (Å²) in [6.07, 6.45) is 3.13. The predicted molar refractivity (Wildman–Crippen MR) is 85.0 cm³/mol. The number of aliphatic carboxylic acids is 1. The Kier molecular flexibility index (Phi) is 5.14. The van der Waals surface area contributed by atoms with Crippen LogP contribution in [0.4, 0.5) is 0 Å². The highest BCUT2D eigenvalue weighted by molar-refractivity contribution is 5.85. The average molecular weight is 299 g/mol. The third kappa shape index (κ3) is 4.09. The van der Waals surface area contributed by atoms with Crippen LogP contribution in [0, 0.1) is 0 Å². The van der Waals surface area contributed by atoms with Gasteiger partial charge in [-0.15, -0.1) is 0 Å². The lowest BCUT2D eigenvalue weighted by Gasteiger charge is -2.07. The molecule has 5 nitrogen and oxygen atoms in total. The summed E-state index contributed by atoms with van der Waals surface area (Å²) < 4.78 is 5.57. The number of carbonyl (C=O) groups is 1. The number of aromatic nitrogens is 1. The highest BCUT2D eigenvalue weighted by atomic mass is 16.5. The van der Waals surface area contributed by atoms with E-state index in [0.717, 1.165) is 23.8 Å². The third-order valence-electron chi connectivity index (χ3n) is 2.96. The van der Waals surface area contributed by atoms with E-state index in [0.29, 0.717) is 17.9 Å². The zero-order chi connectivity index (χ0) is 15.9. The van der Waals surface area contributed by atoms with Gasteiger partial charge < -0.3 is 14.8 Å². The van der Waals surface area contributed by atoms with Crippen LogP contribution in [0.5, 0.6) is 5.75 Å². The number of rotatable bonds is 6. The molecule has 0 aliphatic carbocycles. The van der Waals surface area contributed by atoms with Crippen molar-refractivity contribution in [1.29, 1.82) is 0 Å². The molecule has 1 aromatic heterocycles. The number of H-pyrrole nitrogens is 1. The molecule has 0 aliphatic heterocycles. The zero-order valence-electron chi connectivity index (χ0n) is 12.2. The number of pyridine rings is 1. The molecular formula is C17H17NO4. The summed E-state index contributed by atoms with van der Waals surface area (Å²) in [7, 11) is 0. The standard InChI is InChI=1S/C17H17NO4/c1-2-10-22-14-5-3-4-13(11-14)15-8-6-12(17(21)18-15)7-9-16(19)20/h3-9,11H,2,10H2,1H3,(H,18,21)(H,19,20)/b9-7+. The maximum atomic E-state index is 12.0. The highest BCUT2D eigenvalue weighted by Crippen LogP contribution is 2.21. The maximum absolute atomic E-state index is 12.0. The Balaban J connectivity index is 2.28. The van der Waals surface area contributed by atoms with Gasteiger partial charge in [0.25, 0.3) is 5.56 Å². The lowest BCUT2D eigenvalue weighted by molar-refractivity contribution is -0.131. The summed E-state index contributed by atoms with van der Waals surface area (Å²) in [5, 5.41) is 8.59. The molecule has 0 saturated carbocycles. The fourth-order valence-corrected chi connectivity index (χ4v) is 1.92. The Morgan fingerprint density at radius 1 is 1.32 bits per heavy atom. The van der Waals surface area contributed by atoms with Gasteiger partial charge in [-0.3, -0.25) is 4.79 Å². The molecule has 0 saturated heterocycles. The van der Waals surface area contributed by atoms with Crippen molar-refractivity contribution in [1.82, 2.24) is 4.98 Å². The van der Waals surface area contributed by atoms with Crippen LogP contribution in [-0.2, 0) is 4.79 Å². The molecule has 114 valence electrons. The molecule has 0 radical (unpaired) electrons. The van der Waals surface area contributed by atoms with Crippen molar-refractivity contribution >= 4 is 12.0 Å². The van der Waals surface area contributed by atoms with E-state index in [1.165, 1.54) is 6.08 Å². The second kappa shape index (κ2) is 7.26. The fourth-order valence-electron chi connectivity index (χ4n) is 1.92. The topological polar surface area (TPSA) is 79.4 Å². The van der Waals surface area contributed by atoms with Crippen molar-refractivity contribution < 1.29 is 14.6 Å². The molecule has 0 fully saturated rings. The van der Waals surface area contributed by atoms with Crippen LogP contribution in [0.3, 0.4) is 0 Å². The van der Waals surface area contributed by atoms with Crippen molar-refractivity contribution in [3.63, 3.8) is 0 Å². The molecule has 0 amide bonds. The van der Waals surface area contributed by atoms with Crippen LogP contribution < -0.4 is 10.3 Å². The van der Waals surface area contributed by atoms with E-state index in [1.54, 1.807) is 12.1 Å². The Morgan fingerprint density at radius 3 is 2.82 bits per heavy atom. The lowest BCUT2D eigenvalue weighted by Crippen LogP contribution is -2.09. The first kappa shape index (κ1) is 15.6. The van der Waals surface area contributed by atoms with Crippen LogP contribution in [0.15, 0.2) is 47.3 Å². The van der Waals surface area contributed by atoms with E-state index in [-0.39, 0.29) is 5.56 Å². The van der Waals surface area contributed by atoms with Gasteiger partial charge in [0.05, 0.1) is 6.61 Å². The van der Waals surface area contributed by atoms with E-state index in [9.17, 15) is 9.59 Å². The van der Waals surface area contributed by atoms with E-state index in [1.807, 2.05) is 31.2 Å². The summed E-state index contributed by atoms with van der Waals surface area (Å²) >= 11 is 0. The van der Waals surface area contributed by atoms with E-state index in [2.05, 4.69) is 4.98 Å². The summed E-state index contributed by atoms with van der Waals surface area (Å²) in [5.74, 6) is -0.348. The zero-order valence-corrected chi connectivity index (χ0v) is 12.2. The molecule has 1 heterocycles. The van der Waals surface area contributed by atoms with Crippen LogP contribution >= 0.6 is 0 Å². The summed E-state index contributed by atoms with van der Waals surface area (Å²) in [5.41, 5.74) is 1.44. The van der Waals surface area contributed by atoms with Crippen LogP contribution in [-0.4, -0.2) is 22.7 Å². The number of carboxylic acids is 1. The minimum absolute atomic E-state index is 0.296. The van der Waals surface area contributed by atoms with Crippen LogP contribution in [0.2, 0.25) is 0 Å². The SMILES string of the molecule is CCCOc1cccc(-c2ccc(/C=C/C(=O)O)c(=O)[nH]2)c1. The monoisotopic (exact) mass is 299 g/mol. The minimum atomic E-state index is -1.09. The van der Waals surface area contributed by atoms with Gasteiger partial charge in [-0.05, 0) is 36.8 Å². The van der Waals surface area contributed by atoms with Gasteiger partial charge in [0.1, 0.15) is 5.75 Å². The first-order chi connectivity index (χ1) is 10.6. The van der Waals surface area contributed by atoms with Gasteiger partial charge in [-0.1, -0.05) is 19.1 Å². The van der Waals surface area contributed by atoms with Gasteiger partial charge in [-0.2, -0.15) is 0 Å². The predicted octanol–water partition coefficient (Wildman–Crippen LogP) is 2.93.